The third kappa shape index (κ3) is 6.70. The molecule has 0 radical (unpaired) electrons. The van der Waals surface area contributed by atoms with E-state index in [0.717, 1.165) is 11.4 Å². The highest BCUT2D eigenvalue weighted by Crippen LogP contribution is 2.24. The number of hydrogen-bond acceptors (Lipinski definition) is 2. The molecule has 2 aromatic heterocycles. The van der Waals surface area contributed by atoms with Gasteiger partial charge in [0.25, 0.3) is 0 Å². The van der Waals surface area contributed by atoms with Crippen LogP contribution >= 0.6 is 11.6 Å². The average molecular weight is 333 g/mol. The fourth-order valence-corrected chi connectivity index (χ4v) is 2.32. The first-order chi connectivity index (χ1) is 10.4. The molecule has 0 saturated carbocycles. The summed E-state index contributed by atoms with van der Waals surface area (Å²) < 4.78 is 0. The maximum absolute atomic E-state index is 5.85. The minimum atomic E-state index is 0.150. The Hall–Kier alpha value is -1.41. The maximum atomic E-state index is 5.85. The lowest BCUT2D eigenvalue weighted by Gasteiger charge is -2.19. The number of aryl methyl sites for hydroxylation is 2. The largest absolute Gasteiger partial charge is 0.262 e. The lowest BCUT2D eigenvalue weighted by atomic mass is 9.87. The first-order valence-electron chi connectivity index (χ1n) is 7.97. The zero-order valence-electron chi connectivity index (χ0n) is 15.7. The minimum Gasteiger partial charge on any atom is -0.262 e. The average Bonchev–Trinajstić information content (AvgIpc) is 2.36. The van der Waals surface area contributed by atoms with Crippen LogP contribution in [-0.4, -0.2) is 9.97 Å². The van der Waals surface area contributed by atoms with Crippen molar-refractivity contribution in [2.75, 3.05) is 0 Å². The summed E-state index contributed by atoms with van der Waals surface area (Å²) in [6, 6.07) is 8.22. The molecule has 23 heavy (non-hydrogen) atoms. The Kier molecular flexibility index (Phi) is 6.35. The summed E-state index contributed by atoms with van der Waals surface area (Å²) in [5, 5.41) is 0.583. The van der Waals surface area contributed by atoms with Crippen molar-refractivity contribution in [3.8, 4) is 0 Å². The van der Waals surface area contributed by atoms with Crippen molar-refractivity contribution >= 4 is 11.6 Å². The lowest BCUT2D eigenvalue weighted by molar-refractivity contribution is 0.588. The predicted octanol–water partition coefficient (Wildman–Crippen LogP) is 6.03. The molecule has 0 spiro atoms. The molecule has 2 rings (SSSR count). The first-order valence-corrected chi connectivity index (χ1v) is 8.35. The number of aromatic nitrogens is 2. The molecule has 0 amide bonds. The molecule has 0 atom stereocenters. The highest BCUT2D eigenvalue weighted by molar-refractivity contribution is 6.29. The van der Waals surface area contributed by atoms with Crippen LogP contribution in [0, 0.1) is 13.8 Å². The minimum absolute atomic E-state index is 0.150. The van der Waals surface area contributed by atoms with Gasteiger partial charge in [-0.25, -0.2) is 4.98 Å². The number of halogens is 1. The number of pyridine rings is 2. The van der Waals surface area contributed by atoms with Crippen molar-refractivity contribution in [2.45, 2.75) is 66.2 Å². The molecule has 0 aliphatic carbocycles. The third-order valence-corrected chi connectivity index (χ3v) is 3.74. The van der Waals surface area contributed by atoms with E-state index < -0.39 is 0 Å². The standard InChI is InChI=1S/C10H14ClN.C10H15N/c1-7-5-8(10(2,3)4)6-9(11)12-7;1-8-7-9(5-6-11-8)10(2,3)4/h5-6H,1-4H3;5-7H,1-4H3. The van der Waals surface area contributed by atoms with Crippen LogP contribution in [-0.2, 0) is 10.8 Å². The number of rotatable bonds is 0. The molecule has 2 aromatic rings. The summed E-state index contributed by atoms with van der Waals surface area (Å²) in [5.41, 5.74) is 5.06. The summed E-state index contributed by atoms with van der Waals surface area (Å²) in [7, 11) is 0. The molecule has 0 aromatic carbocycles. The second-order valence-corrected chi connectivity index (χ2v) is 8.39. The lowest BCUT2D eigenvalue weighted by Crippen LogP contribution is -2.11. The number of nitrogens with zero attached hydrogens (tertiary/aromatic N) is 2. The van der Waals surface area contributed by atoms with Crippen molar-refractivity contribution in [3.63, 3.8) is 0 Å². The predicted molar refractivity (Wildman–Crippen MR) is 100 cm³/mol. The maximum Gasteiger partial charge on any atom is 0.129 e. The molecule has 0 aliphatic heterocycles. The van der Waals surface area contributed by atoms with Gasteiger partial charge in [-0.2, -0.15) is 0 Å². The summed E-state index contributed by atoms with van der Waals surface area (Å²) in [6.45, 7) is 17.1. The Balaban J connectivity index is 0.000000231. The summed E-state index contributed by atoms with van der Waals surface area (Å²) >= 11 is 5.85. The fourth-order valence-electron chi connectivity index (χ4n) is 2.07. The Morgan fingerprint density at radius 1 is 0.783 bits per heavy atom. The van der Waals surface area contributed by atoms with E-state index in [1.165, 1.54) is 11.1 Å². The van der Waals surface area contributed by atoms with Crippen LogP contribution in [0.25, 0.3) is 0 Å². The van der Waals surface area contributed by atoms with E-state index in [2.05, 4.69) is 69.7 Å². The molecule has 0 N–H and O–H groups in total. The first kappa shape index (κ1) is 19.6. The van der Waals surface area contributed by atoms with Gasteiger partial charge in [0.2, 0.25) is 0 Å². The Bertz CT molecular complexity index is 629. The van der Waals surface area contributed by atoms with Crippen LogP contribution in [0.15, 0.2) is 30.5 Å². The zero-order valence-corrected chi connectivity index (χ0v) is 16.4. The van der Waals surface area contributed by atoms with E-state index in [1.807, 2.05) is 26.1 Å². The second-order valence-electron chi connectivity index (χ2n) is 8.01. The molecule has 0 bridgehead atoms. The van der Waals surface area contributed by atoms with Crippen LogP contribution < -0.4 is 0 Å². The zero-order chi connectivity index (χ0) is 17.8. The van der Waals surface area contributed by atoms with Gasteiger partial charge >= 0.3 is 0 Å². The smallest absolute Gasteiger partial charge is 0.129 e. The van der Waals surface area contributed by atoms with Gasteiger partial charge in [-0.05, 0) is 60.1 Å². The van der Waals surface area contributed by atoms with Gasteiger partial charge in [0, 0.05) is 17.6 Å². The summed E-state index contributed by atoms with van der Waals surface area (Å²) in [4.78, 5) is 8.27. The summed E-state index contributed by atoms with van der Waals surface area (Å²) in [6.07, 6.45) is 1.87. The molecule has 2 nitrogen and oxygen atoms in total. The van der Waals surface area contributed by atoms with Gasteiger partial charge in [-0.15, -0.1) is 0 Å². The van der Waals surface area contributed by atoms with E-state index in [0.29, 0.717) is 5.15 Å². The topological polar surface area (TPSA) is 25.8 Å². The van der Waals surface area contributed by atoms with E-state index in [4.69, 9.17) is 11.6 Å². The molecule has 0 unspecified atom stereocenters. The van der Waals surface area contributed by atoms with Crippen molar-refractivity contribution in [3.05, 3.63) is 58.1 Å². The fraction of sp³-hybridized carbons (Fsp3) is 0.500. The summed E-state index contributed by atoms with van der Waals surface area (Å²) in [5.74, 6) is 0. The van der Waals surface area contributed by atoms with Crippen molar-refractivity contribution in [2.24, 2.45) is 0 Å². The Morgan fingerprint density at radius 2 is 1.30 bits per heavy atom. The normalized spacial score (nSPS) is 11.7. The highest BCUT2D eigenvalue weighted by Gasteiger charge is 2.14. The molecule has 126 valence electrons. The van der Waals surface area contributed by atoms with Crippen molar-refractivity contribution < 1.29 is 0 Å². The van der Waals surface area contributed by atoms with E-state index >= 15 is 0 Å². The highest BCUT2D eigenvalue weighted by atomic mass is 35.5. The van der Waals surface area contributed by atoms with Crippen molar-refractivity contribution in [1.29, 1.82) is 0 Å². The van der Waals surface area contributed by atoms with E-state index in [-0.39, 0.29) is 10.8 Å². The van der Waals surface area contributed by atoms with Gasteiger partial charge in [0.05, 0.1) is 0 Å². The quantitative estimate of drug-likeness (QED) is 0.550. The van der Waals surface area contributed by atoms with E-state index in [1.54, 1.807) is 0 Å². The van der Waals surface area contributed by atoms with Gasteiger partial charge < -0.3 is 0 Å². The van der Waals surface area contributed by atoms with Gasteiger partial charge in [-0.1, -0.05) is 53.1 Å². The van der Waals surface area contributed by atoms with Gasteiger partial charge in [0.1, 0.15) is 5.15 Å². The number of hydrogen-bond donors (Lipinski definition) is 0. The van der Waals surface area contributed by atoms with Crippen LogP contribution in [0.5, 0.6) is 0 Å². The SMILES string of the molecule is Cc1cc(C(C)(C)C)cc(Cl)n1.Cc1cc(C(C)(C)C)ccn1. The van der Waals surface area contributed by atoms with Crippen LogP contribution in [0.4, 0.5) is 0 Å². The van der Waals surface area contributed by atoms with Crippen LogP contribution in [0.1, 0.15) is 64.1 Å². The van der Waals surface area contributed by atoms with Crippen LogP contribution in [0.2, 0.25) is 5.15 Å². The molecule has 0 fully saturated rings. The molecule has 3 heteroatoms. The van der Waals surface area contributed by atoms with Gasteiger partial charge in [-0.3, -0.25) is 4.98 Å². The third-order valence-electron chi connectivity index (χ3n) is 3.55. The monoisotopic (exact) mass is 332 g/mol. The Labute approximate surface area is 146 Å². The molecule has 0 aliphatic rings. The molecular weight excluding hydrogens is 304 g/mol. The van der Waals surface area contributed by atoms with Gasteiger partial charge in [0.15, 0.2) is 0 Å². The van der Waals surface area contributed by atoms with Crippen molar-refractivity contribution in [1.82, 2.24) is 9.97 Å². The van der Waals surface area contributed by atoms with Crippen LogP contribution in [0.3, 0.4) is 0 Å². The molecule has 2 heterocycles. The van der Waals surface area contributed by atoms with E-state index in [9.17, 15) is 0 Å². The second kappa shape index (κ2) is 7.44. The molecular formula is C20H29ClN2. The Morgan fingerprint density at radius 3 is 1.70 bits per heavy atom. The molecule has 0 saturated heterocycles.